The molecule has 2 atom stereocenters. The largest absolute Gasteiger partial charge is 0.417 e. The Morgan fingerprint density at radius 3 is 2.68 bits per heavy atom. The third-order valence-corrected chi connectivity index (χ3v) is 6.06. The van der Waals surface area contributed by atoms with Crippen LogP contribution in [0, 0.1) is 0 Å². The average Bonchev–Trinajstić information content (AvgIpc) is 3.14. The van der Waals surface area contributed by atoms with Crippen molar-refractivity contribution in [1.29, 1.82) is 0 Å². The molecule has 0 spiro atoms. The minimum absolute atomic E-state index is 0. The van der Waals surface area contributed by atoms with Crippen LogP contribution in [0.5, 0.6) is 0 Å². The van der Waals surface area contributed by atoms with E-state index in [1.54, 1.807) is 0 Å². The molecule has 0 saturated carbocycles. The number of hydrogen-bond acceptors (Lipinski definition) is 3. The number of nitrogens with zero attached hydrogens (tertiary/aromatic N) is 1. The first-order chi connectivity index (χ1) is 12.8. The van der Waals surface area contributed by atoms with Gasteiger partial charge >= 0.3 is 6.18 Å². The number of piperidine rings is 1. The van der Waals surface area contributed by atoms with Gasteiger partial charge in [-0.05, 0) is 61.0 Å². The lowest BCUT2D eigenvalue weighted by Crippen LogP contribution is -2.47. The average molecular weight is 453 g/mol. The zero-order valence-electron chi connectivity index (χ0n) is 15.1. The van der Waals surface area contributed by atoms with Crippen molar-refractivity contribution in [2.45, 2.75) is 37.5 Å². The second-order valence-electron chi connectivity index (χ2n) is 6.72. The van der Waals surface area contributed by atoms with Crippen molar-refractivity contribution in [2.75, 3.05) is 13.6 Å². The normalized spacial score (nSPS) is 19.0. The van der Waals surface area contributed by atoms with E-state index in [0.29, 0.717) is 0 Å². The molecule has 1 N–H and O–H groups in total. The first-order valence-electron chi connectivity index (χ1n) is 8.68. The Bertz CT molecular complexity index is 799. The van der Waals surface area contributed by atoms with E-state index in [4.69, 9.17) is 11.6 Å². The zero-order chi connectivity index (χ0) is 19.6. The van der Waals surface area contributed by atoms with Gasteiger partial charge in [0.15, 0.2) is 0 Å². The molecule has 28 heavy (non-hydrogen) atoms. The smallest absolute Gasteiger partial charge is 0.344 e. The molecular formula is C19H21Cl2F3N2OS. The van der Waals surface area contributed by atoms with Gasteiger partial charge in [0.25, 0.3) is 5.91 Å². The number of benzene rings is 1. The van der Waals surface area contributed by atoms with E-state index >= 15 is 0 Å². The number of halogens is 5. The number of likely N-dealkylation sites (N-methyl/N-ethyl adjacent to an activating group) is 1. The summed E-state index contributed by atoms with van der Waals surface area (Å²) in [5.41, 5.74) is -0.209. The van der Waals surface area contributed by atoms with Crippen LogP contribution in [0.4, 0.5) is 13.2 Å². The summed E-state index contributed by atoms with van der Waals surface area (Å²) in [5, 5.41) is 6.25. The lowest BCUT2D eigenvalue weighted by molar-refractivity contribution is -0.137. The highest BCUT2D eigenvalue weighted by atomic mass is 35.5. The topological polar surface area (TPSA) is 32.3 Å². The zero-order valence-corrected chi connectivity index (χ0v) is 17.5. The molecule has 0 bridgehead atoms. The summed E-state index contributed by atoms with van der Waals surface area (Å²) in [4.78, 5) is 15.0. The van der Waals surface area contributed by atoms with Crippen LogP contribution in [0.1, 0.15) is 46.8 Å². The Labute approximate surface area is 177 Å². The number of amides is 1. The Balaban J connectivity index is 0.00000280. The van der Waals surface area contributed by atoms with E-state index in [1.165, 1.54) is 23.5 Å². The highest BCUT2D eigenvalue weighted by molar-refractivity contribution is 7.08. The van der Waals surface area contributed by atoms with E-state index in [2.05, 4.69) is 10.2 Å². The fraction of sp³-hybridized carbons (Fsp3) is 0.421. The first-order valence-corrected chi connectivity index (χ1v) is 10.00. The van der Waals surface area contributed by atoms with Gasteiger partial charge in [-0.2, -0.15) is 24.5 Å². The highest BCUT2D eigenvalue weighted by Gasteiger charge is 2.36. The lowest BCUT2D eigenvalue weighted by Gasteiger charge is -2.38. The maximum atomic E-state index is 13.1. The Hall–Kier alpha value is -1.28. The Morgan fingerprint density at radius 1 is 1.32 bits per heavy atom. The third-order valence-electron chi connectivity index (χ3n) is 4.95. The fourth-order valence-electron chi connectivity index (χ4n) is 3.52. The number of nitrogens with one attached hydrogen (secondary N) is 1. The van der Waals surface area contributed by atoms with Crippen LogP contribution in [0.2, 0.25) is 5.02 Å². The van der Waals surface area contributed by atoms with Gasteiger partial charge in [-0.25, -0.2) is 0 Å². The number of alkyl halides is 3. The van der Waals surface area contributed by atoms with Gasteiger partial charge < -0.3 is 10.2 Å². The van der Waals surface area contributed by atoms with Gasteiger partial charge in [-0.1, -0.05) is 24.1 Å². The SMILES string of the molecule is CN1CCCCC1C(NC(=O)c1cccc(C(F)(F)F)c1Cl)c1ccsc1.Cl. The molecule has 2 unspecified atom stereocenters. The van der Waals surface area contributed by atoms with Crippen LogP contribution >= 0.6 is 35.3 Å². The van der Waals surface area contributed by atoms with Gasteiger partial charge in [0, 0.05) is 6.04 Å². The predicted octanol–water partition coefficient (Wildman–Crippen LogP) is 5.80. The van der Waals surface area contributed by atoms with Crippen LogP contribution in [0.3, 0.4) is 0 Å². The van der Waals surface area contributed by atoms with E-state index < -0.39 is 22.7 Å². The molecule has 1 aliphatic heterocycles. The van der Waals surface area contributed by atoms with Gasteiger partial charge in [0.05, 0.1) is 22.2 Å². The highest BCUT2D eigenvalue weighted by Crippen LogP contribution is 2.36. The molecule has 2 heterocycles. The summed E-state index contributed by atoms with van der Waals surface area (Å²) in [6.07, 6.45) is -1.55. The molecule has 3 nitrogen and oxygen atoms in total. The maximum absolute atomic E-state index is 13.1. The number of rotatable bonds is 4. The van der Waals surface area contributed by atoms with Crippen LogP contribution < -0.4 is 5.32 Å². The molecule has 2 aromatic rings. The summed E-state index contributed by atoms with van der Waals surface area (Å²) >= 11 is 7.44. The summed E-state index contributed by atoms with van der Waals surface area (Å²) in [7, 11) is 2.01. The molecule has 9 heteroatoms. The number of carbonyl (C=O) groups excluding carboxylic acids is 1. The molecule has 1 saturated heterocycles. The minimum atomic E-state index is -4.61. The Kier molecular flexibility index (Phi) is 7.79. The van der Waals surface area contributed by atoms with E-state index in [9.17, 15) is 18.0 Å². The quantitative estimate of drug-likeness (QED) is 0.635. The molecule has 3 rings (SSSR count). The second kappa shape index (κ2) is 9.48. The Morgan fingerprint density at radius 2 is 2.07 bits per heavy atom. The number of hydrogen-bond donors (Lipinski definition) is 1. The van der Waals surface area contributed by atoms with Crippen molar-refractivity contribution in [3.63, 3.8) is 0 Å². The van der Waals surface area contributed by atoms with Gasteiger partial charge in [-0.3, -0.25) is 4.79 Å². The summed E-state index contributed by atoms with van der Waals surface area (Å²) in [5.74, 6) is -0.596. The molecular weight excluding hydrogens is 432 g/mol. The van der Waals surface area contributed by atoms with E-state index in [1.807, 2.05) is 23.9 Å². The first kappa shape index (κ1) is 23.0. The molecule has 154 valence electrons. The fourth-order valence-corrected chi connectivity index (χ4v) is 4.54. The summed E-state index contributed by atoms with van der Waals surface area (Å²) in [6.45, 7) is 0.922. The molecule has 1 amide bonds. The molecule has 0 aliphatic carbocycles. The van der Waals surface area contributed by atoms with Crippen LogP contribution in [-0.2, 0) is 6.18 Å². The molecule has 1 aromatic carbocycles. The van der Waals surface area contributed by atoms with Gasteiger partial charge in [0.2, 0.25) is 0 Å². The van der Waals surface area contributed by atoms with Crippen molar-refractivity contribution < 1.29 is 18.0 Å². The standard InChI is InChI=1S/C19H20ClF3N2OS.ClH/c1-25-9-3-2-7-15(25)17(12-8-10-27-11-12)24-18(26)13-5-4-6-14(16(13)20)19(21,22)23;/h4-6,8,10-11,15,17H,2-3,7,9H2,1H3,(H,24,26);1H. The van der Waals surface area contributed by atoms with E-state index in [-0.39, 0.29) is 30.1 Å². The predicted molar refractivity (Wildman–Crippen MR) is 108 cm³/mol. The van der Waals surface area contributed by atoms with Crippen molar-refractivity contribution in [2.24, 2.45) is 0 Å². The van der Waals surface area contributed by atoms with E-state index in [0.717, 1.165) is 37.4 Å². The maximum Gasteiger partial charge on any atom is 0.417 e. The lowest BCUT2D eigenvalue weighted by atomic mass is 9.92. The minimum Gasteiger partial charge on any atom is -0.344 e. The third kappa shape index (κ3) is 5.00. The van der Waals surface area contributed by atoms with Crippen molar-refractivity contribution in [3.8, 4) is 0 Å². The molecule has 1 aliphatic rings. The number of carbonyl (C=O) groups is 1. The second-order valence-corrected chi connectivity index (χ2v) is 7.87. The summed E-state index contributed by atoms with van der Waals surface area (Å²) < 4.78 is 39.3. The van der Waals surface area contributed by atoms with Crippen molar-refractivity contribution >= 4 is 41.3 Å². The van der Waals surface area contributed by atoms with Gasteiger partial charge in [-0.15, -0.1) is 12.4 Å². The number of likely N-dealkylation sites (tertiary alicyclic amines) is 1. The monoisotopic (exact) mass is 452 g/mol. The van der Waals surface area contributed by atoms with Crippen molar-refractivity contribution in [3.05, 3.63) is 56.7 Å². The van der Waals surface area contributed by atoms with Gasteiger partial charge in [0.1, 0.15) is 0 Å². The molecule has 0 radical (unpaired) electrons. The summed E-state index contributed by atoms with van der Waals surface area (Å²) in [6, 6.07) is 5.12. The van der Waals surface area contributed by atoms with Crippen molar-refractivity contribution in [1.82, 2.24) is 10.2 Å². The van der Waals surface area contributed by atoms with Crippen LogP contribution in [-0.4, -0.2) is 30.4 Å². The van der Waals surface area contributed by atoms with Crippen LogP contribution in [0.25, 0.3) is 0 Å². The molecule has 1 aromatic heterocycles. The molecule has 1 fully saturated rings. The van der Waals surface area contributed by atoms with Crippen LogP contribution in [0.15, 0.2) is 35.0 Å². The number of thiophene rings is 1.